The van der Waals surface area contributed by atoms with Crippen LogP contribution in [-0.4, -0.2) is 29.1 Å². The zero-order valence-electron chi connectivity index (χ0n) is 18.3. The van der Waals surface area contributed by atoms with E-state index in [0.29, 0.717) is 11.5 Å². The van der Waals surface area contributed by atoms with E-state index in [-0.39, 0.29) is 6.42 Å². The van der Waals surface area contributed by atoms with Crippen LogP contribution in [0.3, 0.4) is 0 Å². The molecule has 2 N–H and O–H groups in total. The Hall–Kier alpha value is -1.61. The van der Waals surface area contributed by atoms with Crippen molar-refractivity contribution in [3.05, 3.63) is 40.2 Å². The van der Waals surface area contributed by atoms with E-state index in [4.69, 9.17) is 0 Å². The molecule has 0 radical (unpaired) electrons. The van der Waals surface area contributed by atoms with Crippen molar-refractivity contribution < 1.29 is 19.7 Å². The number of unbranched alkanes of at least 4 members (excludes halogenated alkanes) is 4. The lowest BCUT2D eigenvalue weighted by Gasteiger charge is -2.18. The van der Waals surface area contributed by atoms with Crippen molar-refractivity contribution in [2.24, 2.45) is 5.92 Å². The number of carbonyl (C=O) groups excluding carboxylic acids is 1. The minimum atomic E-state index is -2.50. The highest BCUT2D eigenvalue weighted by Crippen LogP contribution is 2.36. The Labute approximate surface area is 170 Å². The number of ether oxygens (including phenoxy) is 1. The topological polar surface area (TPSA) is 66.8 Å². The third-order valence-electron chi connectivity index (χ3n) is 5.30. The van der Waals surface area contributed by atoms with E-state index in [0.717, 1.165) is 31.9 Å². The molecule has 0 aromatic carbocycles. The average molecular weight is 391 g/mol. The minimum absolute atomic E-state index is 0.212. The molecule has 0 amide bonds. The van der Waals surface area contributed by atoms with Crippen LogP contribution in [0.1, 0.15) is 85.5 Å². The SMILES string of the molecule is CCCCCC/C=C/C1=C(CC(C)=C=C(C)CC(O)(O)C(=O)OC)[C@@H](C)CC1. The Balaban J connectivity index is 2.81. The zero-order chi connectivity index (χ0) is 21.2. The van der Waals surface area contributed by atoms with Crippen molar-refractivity contribution in [2.75, 3.05) is 7.11 Å². The van der Waals surface area contributed by atoms with Crippen LogP contribution in [0.15, 0.2) is 40.2 Å². The van der Waals surface area contributed by atoms with Crippen LogP contribution in [0.25, 0.3) is 0 Å². The Morgan fingerprint density at radius 2 is 1.96 bits per heavy atom. The molecule has 0 aromatic heterocycles. The molecule has 1 rings (SSSR count). The molecule has 0 saturated heterocycles. The van der Waals surface area contributed by atoms with Crippen molar-refractivity contribution >= 4 is 5.97 Å². The summed E-state index contributed by atoms with van der Waals surface area (Å²) in [6, 6.07) is 0. The van der Waals surface area contributed by atoms with Crippen molar-refractivity contribution in [1.29, 1.82) is 0 Å². The maximum absolute atomic E-state index is 11.4. The van der Waals surface area contributed by atoms with E-state index in [9.17, 15) is 15.0 Å². The van der Waals surface area contributed by atoms with Crippen LogP contribution in [0, 0.1) is 5.92 Å². The van der Waals surface area contributed by atoms with E-state index < -0.39 is 11.8 Å². The second kappa shape index (κ2) is 12.1. The lowest BCUT2D eigenvalue weighted by Crippen LogP contribution is -2.39. The van der Waals surface area contributed by atoms with Gasteiger partial charge in [0, 0.05) is 6.42 Å². The summed E-state index contributed by atoms with van der Waals surface area (Å²) in [4.78, 5) is 11.4. The molecule has 1 aliphatic rings. The molecule has 0 aromatic rings. The first-order chi connectivity index (χ1) is 13.2. The highest BCUT2D eigenvalue weighted by atomic mass is 16.6. The largest absolute Gasteiger partial charge is 0.465 e. The van der Waals surface area contributed by atoms with Gasteiger partial charge in [-0.05, 0) is 68.6 Å². The third kappa shape index (κ3) is 8.18. The number of hydrogen-bond acceptors (Lipinski definition) is 4. The van der Waals surface area contributed by atoms with Gasteiger partial charge in [0.1, 0.15) is 0 Å². The molecular formula is C24H38O4. The van der Waals surface area contributed by atoms with Gasteiger partial charge in [-0.3, -0.25) is 0 Å². The second-order valence-corrected chi connectivity index (χ2v) is 8.09. The summed E-state index contributed by atoms with van der Waals surface area (Å²) in [5, 5.41) is 19.6. The van der Waals surface area contributed by atoms with Gasteiger partial charge in [0.2, 0.25) is 0 Å². The predicted molar refractivity (Wildman–Crippen MR) is 114 cm³/mol. The summed E-state index contributed by atoms with van der Waals surface area (Å²) in [6.45, 7) is 8.25. The van der Waals surface area contributed by atoms with Gasteiger partial charge < -0.3 is 14.9 Å². The standard InChI is InChI=1S/C24H38O4/c1-6-7-8-9-10-11-12-21-14-13-20(4)22(21)16-18(2)15-19(3)17-24(26,27)23(25)28-5/h11-12,20,26-27H,6-10,13-14,16-17H2,1-5H3/b12-11+/t15?,20-/m0/s1. The van der Waals surface area contributed by atoms with Crippen molar-refractivity contribution in [3.8, 4) is 0 Å². The number of rotatable bonds is 11. The third-order valence-corrected chi connectivity index (χ3v) is 5.30. The van der Waals surface area contributed by atoms with Crippen LogP contribution < -0.4 is 0 Å². The van der Waals surface area contributed by atoms with Crippen LogP contribution >= 0.6 is 0 Å². The van der Waals surface area contributed by atoms with Gasteiger partial charge in [-0.25, -0.2) is 4.79 Å². The molecule has 4 heteroatoms. The van der Waals surface area contributed by atoms with Crippen molar-refractivity contribution in [2.45, 2.75) is 91.3 Å². The van der Waals surface area contributed by atoms with E-state index in [2.05, 4.69) is 36.5 Å². The molecule has 0 bridgehead atoms. The smallest absolute Gasteiger partial charge is 0.366 e. The quantitative estimate of drug-likeness (QED) is 0.215. The number of hydrogen-bond donors (Lipinski definition) is 2. The molecule has 0 aliphatic heterocycles. The van der Waals surface area contributed by atoms with Crippen molar-refractivity contribution in [1.82, 2.24) is 0 Å². The van der Waals surface area contributed by atoms with E-state index >= 15 is 0 Å². The minimum Gasteiger partial charge on any atom is -0.465 e. The molecule has 0 unspecified atom stereocenters. The maximum atomic E-state index is 11.4. The molecule has 1 atom stereocenters. The van der Waals surface area contributed by atoms with Gasteiger partial charge in [-0.15, -0.1) is 5.73 Å². The van der Waals surface area contributed by atoms with Gasteiger partial charge in [0.25, 0.3) is 5.79 Å². The predicted octanol–water partition coefficient (Wildman–Crippen LogP) is 5.37. The van der Waals surface area contributed by atoms with Gasteiger partial charge in [0.05, 0.1) is 7.11 Å². The summed E-state index contributed by atoms with van der Waals surface area (Å²) in [7, 11) is 1.14. The van der Waals surface area contributed by atoms with Crippen LogP contribution in [0.5, 0.6) is 0 Å². The fraction of sp³-hybridized carbons (Fsp3) is 0.667. The van der Waals surface area contributed by atoms with E-state index in [1.165, 1.54) is 43.3 Å². The summed E-state index contributed by atoms with van der Waals surface area (Å²) in [5.74, 6) is -3.00. The number of esters is 1. The average Bonchev–Trinajstić information content (AvgIpc) is 2.96. The van der Waals surface area contributed by atoms with Crippen LogP contribution in [0.4, 0.5) is 0 Å². The van der Waals surface area contributed by atoms with Crippen LogP contribution in [0.2, 0.25) is 0 Å². The molecular weight excluding hydrogens is 352 g/mol. The summed E-state index contributed by atoms with van der Waals surface area (Å²) in [5.41, 5.74) is 7.77. The molecule has 28 heavy (non-hydrogen) atoms. The highest BCUT2D eigenvalue weighted by molar-refractivity contribution is 5.77. The molecule has 0 saturated carbocycles. The Morgan fingerprint density at radius 3 is 2.61 bits per heavy atom. The summed E-state index contributed by atoms with van der Waals surface area (Å²) in [6.07, 6.45) is 13.8. The van der Waals surface area contributed by atoms with E-state index in [1.54, 1.807) is 6.92 Å². The van der Waals surface area contributed by atoms with Gasteiger partial charge in [0.15, 0.2) is 0 Å². The lowest BCUT2D eigenvalue weighted by molar-refractivity contribution is -0.206. The Morgan fingerprint density at radius 1 is 1.25 bits per heavy atom. The van der Waals surface area contributed by atoms with Gasteiger partial charge >= 0.3 is 5.97 Å². The first kappa shape index (κ1) is 24.4. The fourth-order valence-electron chi connectivity index (χ4n) is 3.76. The zero-order valence-corrected chi connectivity index (χ0v) is 18.3. The highest BCUT2D eigenvalue weighted by Gasteiger charge is 2.34. The number of methoxy groups -OCH3 is 1. The molecule has 0 heterocycles. The lowest BCUT2D eigenvalue weighted by atomic mass is 9.95. The second-order valence-electron chi connectivity index (χ2n) is 8.09. The first-order valence-electron chi connectivity index (χ1n) is 10.5. The molecule has 0 spiro atoms. The van der Waals surface area contributed by atoms with Crippen LogP contribution in [-0.2, 0) is 9.53 Å². The molecule has 158 valence electrons. The monoisotopic (exact) mass is 390 g/mol. The summed E-state index contributed by atoms with van der Waals surface area (Å²) < 4.78 is 4.42. The fourth-order valence-corrected chi connectivity index (χ4v) is 3.76. The number of carbonyl (C=O) groups is 1. The molecule has 1 aliphatic carbocycles. The van der Waals surface area contributed by atoms with E-state index in [1.807, 2.05) is 6.92 Å². The van der Waals surface area contributed by atoms with Crippen molar-refractivity contribution in [3.63, 3.8) is 0 Å². The Kier molecular flexibility index (Phi) is 10.5. The Bertz CT molecular complexity index is 646. The summed E-state index contributed by atoms with van der Waals surface area (Å²) >= 11 is 0. The maximum Gasteiger partial charge on any atom is 0.366 e. The number of allylic oxidation sites excluding steroid dienone is 4. The van der Waals surface area contributed by atoms with Gasteiger partial charge in [-0.1, -0.05) is 50.8 Å². The first-order valence-corrected chi connectivity index (χ1v) is 10.5. The molecule has 4 nitrogen and oxygen atoms in total. The van der Waals surface area contributed by atoms with Gasteiger partial charge in [-0.2, -0.15) is 0 Å². The normalized spacial score (nSPS) is 17.2. The molecule has 0 fully saturated rings. The number of aliphatic hydroxyl groups is 2.